The summed E-state index contributed by atoms with van der Waals surface area (Å²) < 4.78 is 0. The van der Waals surface area contributed by atoms with Crippen molar-refractivity contribution in [3.05, 3.63) is 0 Å². The molecule has 0 aromatic rings. The van der Waals surface area contributed by atoms with Crippen LogP contribution >= 0.6 is 0 Å². The van der Waals surface area contributed by atoms with Gasteiger partial charge in [-0.25, -0.2) is 0 Å². The molecule has 2 saturated heterocycles. The lowest BCUT2D eigenvalue weighted by Gasteiger charge is -2.18. The van der Waals surface area contributed by atoms with Crippen molar-refractivity contribution in [2.45, 2.75) is 104 Å². The standard InChI is InChI=1S/C12H26N2.C11H23N/c1-4-5-6-8-14-9-7-12(10-14)13-11(2)3;1-11(2)7-3-4-8-12-9-5-6-10-12/h11-13H,4-10H2,1-3H3;11H,3-10H2,1-2H3. The molecule has 0 spiro atoms. The maximum atomic E-state index is 3.62. The summed E-state index contributed by atoms with van der Waals surface area (Å²) in [5, 5.41) is 3.62. The summed E-state index contributed by atoms with van der Waals surface area (Å²) in [6.07, 6.45) is 12.6. The molecule has 2 rings (SSSR count). The summed E-state index contributed by atoms with van der Waals surface area (Å²) in [5.74, 6) is 0.892. The van der Waals surface area contributed by atoms with Crippen LogP contribution in [0.5, 0.6) is 0 Å². The lowest BCUT2D eigenvalue weighted by atomic mass is 10.1. The maximum absolute atomic E-state index is 3.62. The van der Waals surface area contributed by atoms with Crippen molar-refractivity contribution in [1.29, 1.82) is 0 Å². The molecule has 0 saturated carbocycles. The highest BCUT2D eigenvalue weighted by Crippen LogP contribution is 2.12. The minimum Gasteiger partial charge on any atom is -0.310 e. The van der Waals surface area contributed by atoms with Gasteiger partial charge in [0.25, 0.3) is 0 Å². The molecule has 0 amide bonds. The topological polar surface area (TPSA) is 18.5 Å². The number of nitrogens with one attached hydrogen (secondary N) is 1. The molecule has 1 N–H and O–H groups in total. The molecule has 0 aromatic carbocycles. The smallest absolute Gasteiger partial charge is 0.0209 e. The number of hydrogen-bond donors (Lipinski definition) is 1. The summed E-state index contributed by atoms with van der Waals surface area (Å²) in [6, 6.07) is 1.38. The van der Waals surface area contributed by atoms with Crippen LogP contribution in [0.3, 0.4) is 0 Å². The van der Waals surface area contributed by atoms with Crippen molar-refractivity contribution >= 4 is 0 Å². The Kier molecular flexibility index (Phi) is 13.7. The molecule has 0 aliphatic carbocycles. The predicted molar refractivity (Wildman–Crippen MR) is 117 cm³/mol. The Labute approximate surface area is 165 Å². The zero-order valence-electron chi connectivity index (χ0n) is 18.7. The van der Waals surface area contributed by atoms with E-state index < -0.39 is 0 Å². The van der Waals surface area contributed by atoms with Gasteiger partial charge in [-0.15, -0.1) is 0 Å². The zero-order chi connectivity index (χ0) is 19.2. The third kappa shape index (κ3) is 12.3. The van der Waals surface area contributed by atoms with Crippen LogP contribution in [0.25, 0.3) is 0 Å². The van der Waals surface area contributed by atoms with Crippen LogP contribution in [0.15, 0.2) is 0 Å². The van der Waals surface area contributed by atoms with E-state index >= 15 is 0 Å². The second-order valence-electron chi connectivity index (χ2n) is 9.25. The van der Waals surface area contributed by atoms with Gasteiger partial charge in [-0.05, 0) is 70.7 Å². The normalized spacial score (nSPS) is 21.6. The maximum Gasteiger partial charge on any atom is 0.0209 e. The first-order valence-electron chi connectivity index (χ1n) is 11.7. The number of unbranched alkanes of at least 4 members (excludes halogenated alkanes) is 3. The van der Waals surface area contributed by atoms with E-state index in [-0.39, 0.29) is 0 Å². The molecule has 26 heavy (non-hydrogen) atoms. The highest BCUT2D eigenvalue weighted by Gasteiger charge is 2.21. The first kappa shape index (κ1) is 23.9. The molecule has 1 unspecified atom stereocenters. The molecular formula is C23H49N3. The van der Waals surface area contributed by atoms with Crippen molar-refractivity contribution in [1.82, 2.24) is 15.1 Å². The molecule has 2 aliphatic heterocycles. The quantitative estimate of drug-likeness (QED) is 0.509. The lowest BCUT2D eigenvalue weighted by Crippen LogP contribution is -2.37. The van der Waals surface area contributed by atoms with Crippen molar-refractivity contribution in [3.8, 4) is 0 Å². The van der Waals surface area contributed by atoms with Crippen LogP contribution in [-0.2, 0) is 0 Å². The van der Waals surface area contributed by atoms with Crippen molar-refractivity contribution in [2.24, 2.45) is 5.92 Å². The van der Waals surface area contributed by atoms with Crippen LogP contribution in [0.1, 0.15) is 92.4 Å². The van der Waals surface area contributed by atoms with Gasteiger partial charge < -0.3 is 15.1 Å². The van der Waals surface area contributed by atoms with Crippen LogP contribution in [0.2, 0.25) is 0 Å². The van der Waals surface area contributed by atoms with Crippen LogP contribution in [0, 0.1) is 5.92 Å². The first-order chi connectivity index (χ1) is 12.5. The van der Waals surface area contributed by atoms with Gasteiger partial charge in [0.05, 0.1) is 0 Å². The van der Waals surface area contributed by atoms with Gasteiger partial charge in [-0.2, -0.15) is 0 Å². The fraction of sp³-hybridized carbons (Fsp3) is 1.00. The summed E-state index contributed by atoms with van der Waals surface area (Å²) >= 11 is 0. The van der Waals surface area contributed by atoms with E-state index in [1.54, 1.807) is 0 Å². The average Bonchev–Trinajstić information content (AvgIpc) is 3.24. The fourth-order valence-electron chi connectivity index (χ4n) is 4.12. The van der Waals surface area contributed by atoms with Gasteiger partial charge in [0.1, 0.15) is 0 Å². The molecule has 2 fully saturated rings. The van der Waals surface area contributed by atoms with Gasteiger partial charge in [0.2, 0.25) is 0 Å². The predicted octanol–water partition coefficient (Wildman–Crippen LogP) is 5.16. The Hall–Kier alpha value is -0.120. The van der Waals surface area contributed by atoms with E-state index in [1.807, 2.05) is 0 Å². The van der Waals surface area contributed by atoms with Crippen molar-refractivity contribution in [2.75, 3.05) is 39.3 Å². The second kappa shape index (κ2) is 14.9. The Bertz CT molecular complexity index is 311. The first-order valence-corrected chi connectivity index (χ1v) is 11.7. The molecule has 2 aliphatic rings. The van der Waals surface area contributed by atoms with E-state index in [0.29, 0.717) is 6.04 Å². The third-order valence-corrected chi connectivity index (χ3v) is 5.62. The summed E-state index contributed by atoms with van der Waals surface area (Å²) in [4.78, 5) is 5.22. The molecule has 0 aromatic heterocycles. The monoisotopic (exact) mass is 367 g/mol. The van der Waals surface area contributed by atoms with E-state index in [9.17, 15) is 0 Å². The summed E-state index contributed by atoms with van der Waals surface area (Å²) in [7, 11) is 0. The van der Waals surface area contributed by atoms with Gasteiger partial charge in [0.15, 0.2) is 0 Å². The van der Waals surface area contributed by atoms with Gasteiger partial charge in [0, 0.05) is 18.6 Å². The SMILES string of the molecule is CC(C)CCCCN1CCCC1.CCCCCN1CCC(NC(C)C)C1. The van der Waals surface area contributed by atoms with Crippen LogP contribution in [-0.4, -0.2) is 61.2 Å². The number of hydrogen-bond acceptors (Lipinski definition) is 3. The van der Waals surface area contributed by atoms with E-state index in [1.165, 1.54) is 97.1 Å². The average molecular weight is 368 g/mol. The molecule has 156 valence electrons. The molecular weight excluding hydrogens is 318 g/mol. The molecule has 2 heterocycles. The Morgan fingerprint density at radius 3 is 2.12 bits per heavy atom. The minimum absolute atomic E-state index is 0.635. The van der Waals surface area contributed by atoms with E-state index in [2.05, 4.69) is 49.7 Å². The minimum atomic E-state index is 0.635. The second-order valence-corrected chi connectivity index (χ2v) is 9.25. The van der Waals surface area contributed by atoms with Crippen LogP contribution in [0.4, 0.5) is 0 Å². The Morgan fingerprint density at radius 2 is 1.50 bits per heavy atom. The van der Waals surface area contributed by atoms with E-state index in [0.717, 1.165) is 12.0 Å². The zero-order valence-corrected chi connectivity index (χ0v) is 18.7. The van der Waals surface area contributed by atoms with Crippen LogP contribution < -0.4 is 5.32 Å². The Balaban J connectivity index is 0.000000263. The highest BCUT2D eigenvalue weighted by molar-refractivity contribution is 4.81. The number of rotatable bonds is 11. The molecule has 3 heteroatoms. The summed E-state index contributed by atoms with van der Waals surface area (Å²) in [6.45, 7) is 19.3. The third-order valence-electron chi connectivity index (χ3n) is 5.62. The molecule has 1 atom stereocenters. The highest BCUT2D eigenvalue weighted by atomic mass is 15.2. The van der Waals surface area contributed by atoms with Gasteiger partial charge in [-0.1, -0.05) is 60.3 Å². The lowest BCUT2D eigenvalue weighted by molar-refractivity contribution is 0.316. The van der Waals surface area contributed by atoms with Gasteiger partial charge in [-0.3, -0.25) is 0 Å². The number of nitrogens with zero attached hydrogens (tertiary/aromatic N) is 2. The van der Waals surface area contributed by atoms with Crippen molar-refractivity contribution in [3.63, 3.8) is 0 Å². The Morgan fingerprint density at radius 1 is 0.846 bits per heavy atom. The fourth-order valence-corrected chi connectivity index (χ4v) is 4.12. The van der Waals surface area contributed by atoms with Crippen molar-refractivity contribution < 1.29 is 0 Å². The summed E-state index contributed by atoms with van der Waals surface area (Å²) in [5.41, 5.74) is 0. The number of likely N-dealkylation sites (tertiary alicyclic amines) is 2. The van der Waals surface area contributed by atoms with E-state index in [4.69, 9.17) is 0 Å². The molecule has 0 bridgehead atoms. The largest absolute Gasteiger partial charge is 0.310 e. The molecule has 3 nitrogen and oxygen atoms in total. The molecule has 0 radical (unpaired) electrons. The van der Waals surface area contributed by atoms with Gasteiger partial charge >= 0.3 is 0 Å².